The predicted molar refractivity (Wildman–Crippen MR) is 86.2 cm³/mol. The van der Waals surface area contributed by atoms with Crippen LogP contribution in [0.25, 0.3) is 6.08 Å². The zero-order chi connectivity index (χ0) is 16.4. The minimum atomic E-state index is -0.462. The molecule has 0 atom stereocenters. The minimum Gasteiger partial charge on any atom is -0.466 e. The molecule has 1 rings (SSSR count). The summed E-state index contributed by atoms with van der Waals surface area (Å²) in [5.41, 5.74) is 1.20. The summed E-state index contributed by atoms with van der Waals surface area (Å²) in [5, 5.41) is 0. The van der Waals surface area contributed by atoms with Gasteiger partial charge in [0.05, 0.1) is 12.7 Å². The van der Waals surface area contributed by atoms with Gasteiger partial charge in [-0.1, -0.05) is 36.9 Å². The number of hydrogen-bond donors (Lipinski definition) is 0. The first kappa shape index (κ1) is 17.2. The van der Waals surface area contributed by atoms with Crippen LogP contribution in [-0.4, -0.2) is 19.0 Å². The standard InChI is InChI=1S/C18H18O4/c1-4-6-15(7-5-2)18(20)22-16-11-8-14(9-12-16)10-13-17(19)21-3/h4-13H,1H2,2-3H3/b7-5-,13-10+,15-6+. The Bertz CT molecular complexity index is 619. The maximum absolute atomic E-state index is 12.0. The van der Waals surface area contributed by atoms with Crippen molar-refractivity contribution in [3.63, 3.8) is 0 Å². The van der Waals surface area contributed by atoms with E-state index in [9.17, 15) is 9.59 Å². The summed E-state index contributed by atoms with van der Waals surface area (Å²) < 4.78 is 9.77. The monoisotopic (exact) mass is 298 g/mol. The first-order chi connectivity index (χ1) is 10.6. The lowest BCUT2D eigenvalue weighted by Gasteiger charge is -2.05. The third kappa shape index (κ3) is 5.63. The molecule has 4 nitrogen and oxygen atoms in total. The van der Waals surface area contributed by atoms with E-state index in [-0.39, 0.29) is 0 Å². The molecule has 0 amide bonds. The minimum absolute atomic E-state index is 0.409. The van der Waals surface area contributed by atoms with Gasteiger partial charge in [0, 0.05) is 6.08 Å². The quantitative estimate of drug-likeness (QED) is 0.349. The summed E-state index contributed by atoms with van der Waals surface area (Å²) in [4.78, 5) is 23.0. The third-order valence-corrected chi connectivity index (χ3v) is 2.58. The van der Waals surface area contributed by atoms with E-state index in [1.54, 1.807) is 48.6 Å². The number of carbonyl (C=O) groups excluding carboxylic acids is 2. The molecule has 4 heteroatoms. The molecule has 114 valence electrons. The van der Waals surface area contributed by atoms with E-state index in [2.05, 4.69) is 11.3 Å². The van der Waals surface area contributed by atoms with Gasteiger partial charge in [0.15, 0.2) is 0 Å². The Kier molecular flexibility index (Phi) is 7.13. The van der Waals surface area contributed by atoms with E-state index >= 15 is 0 Å². The lowest BCUT2D eigenvalue weighted by molar-refractivity contribution is -0.134. The maximum Gasteiger partial charge on any atom is 0.343 e. The van der Waals surface area contributed by atoms with Gasteiger partial charge in [-0.3, -0.25) is 0 Å². The van der Waals surface area contributed by atoms with Crippen LogP contribution in [0.3, 0.4) is 0 Å². The van der Waals surface area contributed by atoms with Gasteiger partial charge in [0.2, 0.25) is 0 Å². The summed E-state index contributed by atoms with van der Waals surface area (Å²) in [6, 6.07) is 6.76. The fraction of sp³-hybridized carbons (Fsp3) is 0.111. The van der Waals surface area contributed by atoms with Crippen LogP contribution >= 0.6 is 0 Å². The van der Waals surface area contributed by atoms with Crippen LogP contribution in [-0.2, 0) is 14.3 Å². The Morgan fingerprint density at radius 1 is 1.14 bits per heavy atom. The Balaban J connectivity index is 2.77. The number of carbonyl (C=O) groups is 2. The first-order valence-corrected chi connectivity index (χ1v) is 6.64. The highest BCUT2D eigenvalue weighted by atomic mass is 16.5. The van der Waals surface area contributed by atoms with Crippen LogP contribution < -0.4 is 4.74 Å². The molecule has 0 aliphatic carbocycles. The van der Waals surface area contributed by atoms with Gasteiger partial charge < -0.3 is 9.47 Å². The van der Waals surface area contributed by atoms with Gasteiger partial charge >= 0.3 is 11.9 Å². The third-order valence-electron chi connectivity index (χ3n) is 2.58. The van der Waals surface area contributed by atoms with Crippen molar-refractivity contribution in [1.82, 2.24) is 0 Å². The van der Waals surface area contributed by atoms with Gasteiger partial charge in [0.1, 0.15) is 5.75 Å². The van der Waals surface area contributed by atoms with Crippen LogP contribution in [0.5, 0.6) is 5.75 Å². The first-order valence-electron chi connectivity index (χ1n) is 6.64. The molecule has 0 aromatic heterocycles. The average molecular weight is 298 g/mol. The maximum atomic E-state index is 12.0. The van der Waals surface area contributed by atoms with E-state index in [1.807, 2.05) is 6.92 Å². The summed E-state index contributed by atoms with van der Waals surface area (Å²) in [5.74, 6) is -0.475. The number of benzene rings is 1. The Labute approximate surface area is 130 Å². The van der Waals surface area contributed by atoms with Crippen molar-refractivity contribution in [1.29, 1.82) is 0 Å². The van der Waals surface area contributed by atoms with E-state index in [0.29, 0.717) is 11.3 Å². The van der Waals surface area contributed by atoms with Crippen LogP contribution in [0.4, 0.5) is 0 Å². The summed E-state index contributed by atoms with van der Waals surface area (Å²) >= 11 is 0. The van der Waals surface area contributed by atoms with Crippen molar-refractivity contribution in [2.75, 3.05) is 7.11 Å². The molecule has 1 aromatic rings. The molecule has 0 N–H and O–H groups in total. The SMILES string of the molecule is C=C/C=C(\C=C/C)C(=O)Oc1ccc(/C=C/C(=O)OC)cc1. The molecular weight excluding hydrogens is 280 g/mol. The molecule has 0 heterocycles. The molecule has 0 saturated carbocycles. The van der Waals surface area contributed by atoms with Crippen LogP contribution in [0.2, 0.25) is 0 Å². The summed E-state index contributed by atoms with van der Waals surface area (Å²) in [6.45, 7) is 5.37. The zero-order valence-corrected chi connectivity index (χ0v) is 12.6. The second-order valence-corrected chi connectivity index (χ2v) is 4.17. The largest absolute Gasteiger partial charge is 0.466 e. The van der Waals surface area contributed by atoms with Crippen LogP contribution in [0, 0.1) is 0 Å². The van der Waals surface area contributed by atoms with E-state index < -0.39 is 11.9 Å². The lowest BCUT2D eigenvalue weighted by Crippen LogP contribution is -2.09. The number of hydrogen-bond acceptors (Lipinski definition) is 4. The molecular formula is C18H18O4. The van der Waals surface area contributed by atoms with Crippen molar-refractivity contribution in [3.8, 4) is 5.75 Å². The highest BCUT2D eigenvalue weighted by Gasteiger charge is 2.08. The number of ether oxygens (including phenoxy) is 2. The molecule has 1 aromatic carbocycles. The number of methoxy groups -OCH3 is 1. The highest BCUT2D eigenvalue weighted by Crippen LogP contribution is 2.15. The smallest absolute Gasteiger partial charge is 0.343 e. The summed E-state index contributed by atoms with van der Waals surface area (Å²) in [7, 11) is 1.31. The van der Waals surface area contributed by atoms with Crippen molar-refractivity contribution in [2.45, 2.75) is 6.92 Å². The highest BCUT2D eigenvalue weighted by molar-refractivity contribution is 5.93. The van der Waals surface area contributed by atoms with Gasteiger partial charge in [0.25, 0.3) is 0 Å². The molecule has 0 aliphatic rings. The van der Waals surface area contributed by atoms with Crippen molar-refractivity contribution in [2.24, 2.45) is 0 Å². The Hall–Kier alpha value is -2.88. The van der Waals surface area contributed by atoms with E-state index in [1.165, 1.54) is 19.3 Å². The molecule has 0 radical (unpaired) electrons. The fourth-order valence-electron chi connectivity index (χ4n) is 1.54. The fourth-order valence-corrected chi connectivity index (χ4v) is 1.54. The van der Waals surface area contributed by atoms with Gasteiger partial charge in [-0.25, -0.2) is 9.59 Å². The molecule has 0 aliphatic heterocycles. The Morgan fingerprint density at radius 2 is 1.82 bits per heavy atom. The summed E-state index contributed by atoms with van der Waals surface area (Å²) in [6.07, 6.45) is 9.43. The average Bonchev–Trinajstić information content (AvgIpc) is 2.53. The van der Waals surface area contributed by atoms with Crippen molar-refractivity contribution >= 4 is 18.0 Å². The van der Waals surface area contributed by atoms with Crippen molar-refractivity contribution in [3.05, 3.63) is 72.4 Å². The topological polar surface area (TPSA) is 52.6 Å². The van der Waals surface area contributed by atoms with Crippen LogP contribution in [0.1, 0.15) is 12.5 Å². The number of allylic oxidation sites excluding steroid dienone is 3. The normalized spacial score (nSPS) is 11.6. The van der Waals surface area contributed by atoms with Gasteiger partial charge in [-0.15, -0.1) is 0 Å². The lowest BCUT2D eigenvalue weighted by atomic mass is 10.2. The van der Waals surface area contributed by atoms with E-state index in [4.69, 9.17) is 4.74 Å². The number of rotatable bonds is 6. The van der Waals surface area contributed by atoms with Gasteiger partial charge in [-0.05, 0) is 36.8 Å². The molecule has 0 unspecified atom stereocenters. The second kappa shape index (κ2) is 9.13. The van der Waals surface area contributed by atoms with E-state index in [0.717, 1.165) is 5.56 Å². The Morgan fingerprint density at radius 3 is 2.36 bits per heavy atom. The molecule has 0 fully saturated rings. The molecule has 0 spiro atoms. The predicted octanol–water partition coefficient (Wildman–Crippen LogP) is 3.47. The van der Waals surface area contributed by atoms with Crippen molar-refractivity contribution < 1.29 is 19.1 Å². The molecule has 0 saturated heterocycles. The van der Waals surface area contributed by atoms with Crippen LogP contribution in [0.15, 0.2) is 66.8 Å². The molecule has 22 heavy (non-hydrogen) atoms. The van der Waals surface area contributed by atoms with Gasteiger partial charge in [-0.2, -0.15) is 0 Å². The number of esters is 2. The second-order valence-electron chi connectivity index (χ2n) is 4.17. The zero-order valence-electron chi connectivity index (χ0n) is 12.6. The molecule has 0 bridgehead atoms.